The predicted octanol–water partition coefficient (Wildman–Crippen LogP) is 5.83. The van der Waals surface area contributed by atoms with Gasteiger partial charge in [-0.05, 0) is 36.6 Å². The Bertz CT molecular complexity index is 1360. The number of aliphatic hydroxyl groups is 1. The number of ketones is 1. The van der Waals surface area contributed by atoms with Gasteiger partial charge in [0, 0.05) is 22.4 Å². The Labute approximate surface area is 259 Å². The molecule has 2 heterocycles. The predicted molar refractivity (Wildman–Crippen MR) is 166 cm³/mol. The zero-order valence-electron chi connectivity index (χ0n) is 24.6. The number of nitrogens with one attached hydrogen (secondary N) is 1. The highest BCUT2D eigenvalue weighted by Crippen LogP contribution is 2.47. The average molecular weight is 653 g/mol. The number of carbonyl (C=O) groups is 2. The molecule has 4 rings (SSSR count). The molecule has 1 amide bonds. The lowest BCUT2D eigenvalue weighted by Gasteiger charge is -2.32. The van der Waals surface area contributed by atoms with Crippen molar-refractivity contribution in [1.82, 2.24) is 9.99 Å². The molecule has 0 radical (unpaired) electrons. The van der Waals surface area contributed by atoms with Crippen LogP contribution in [0.25, 0.3) is 0 Å². The van der Waals surface area contributed by atoms with Crippen LogP contribution in [0.15, 0.2) is 71.8 Å². The van der Waals surface area contributed by atoms with E-state index in [1.807, 2.05) is 54.6 Å². The van der Waals surface area contributed by atoms with Crippen LogP contribution in [0.2, 0.25) is 0 Å². The molecule has 0 bridgehead atoms. The first-order valence-corrected chi connectivity index (χ1v) is 17.6. The van der Waals surface area contributed by atoms with Gasteiger partial charge in [0.15, 0.2) is 17.7 Å². The smallest absolute Gasteiger partial charge is 0.387 e. The van der Waals surface area contributed by atoms with E-state index < -0.39 is 56.6 Å². The number of allylic oxidation sites excluding steroid dienone is 1. The number of benzene rings is 2. The van der Waals surface area contributed by atoms with Crippen LogP contribution in [-0.2, 0) is 40.9 Å². The molecule has 2 aliphatic rings. The van der Waals surface area contributed by atoms with E-state index in [4.69, 9.17) is 13.8 Å². The van der Waals surface area contributed by atoms with E-state index >= 15 is 4.39 Å². The van der Waals surface area contributed by atoms with E-state index in [9.17, 15) is 19.3 Å². The van der Waals surface area contributed by atoms with Gasteiger partial charge < -0.3 is 9.84 Å². The summed E-state index contributed by atoms with van der Waals surface area (Å²) < 4.78 is 46.9. The van der Waals surface area contributed by atoms with Crippen LogP contribution >= 0.6 is 29.3 Å². The molecule has 0 saturated carbocycles. The first-order valence-electron chi connectivity index (χ1n) is 13.9. The SMILES string of the molecule is CC(C)(C)SSc1ccccc1CCOP(=O)(NCc1ccccc1)OC[C@H]1O[C@@H](N2C=CC(=O)CC2=O)[C@](C)(F)[C@@H]1O. The fraction of sp³-hybridized carbons (Fsp3) is 0.467. The number of halogens is 1. The third-order valence-electron chi connectivity index (χ3n) is 6.72. The van der Waals surface area contributed by atoms with Gasteiger partial charge in [-0.15, -0.1) is 0 Å². The second-order valence-electron chi connectivity index (χ2n) is 11.5. The van der Waals surface area contributed by atoms with Gasteiger partial charge in [0.2, 0.25) is 5.91 Å². The molecule has 2 N–H and O–H groups in total. The molecule has 0 aliphatic carbocycles. The minimum absolute atomic E-state index is 0.0649. The third-order valence-corrected chi connectivity index (χ3v) is 11.7. The van der Waals surface area contributed by atoms with E-state index in [0.717, 1.165) is 40.1 Å². The Hall–Kier alpha value is -2.02. The Morgan fingerprint density at radius 1 is 1.14 bits per heavy atom. The van der Waals surface area contributed by atoms with Crippen molar-refractivity contribution >= 4 is 41.0 Å². The van der Waals surface area contributed by atoms with Crippen molar-refractivity contribution in [2.75, 3.05) is 13.2 Å². The van der Waals surface area contributed by atoms with Gasteiger partial charge in [-0.2, -0.15) is 0 Å². The van der Waals surface area contributed by atoms with Crippen molar-refractivity contribution in [2.45, 2.75) is 80.8 Å². The molecule has 2 aromatic rings. The maximum absolute atomic E-state index is 15.7. The number of amides is 1. The summed E-state index contributed by atoms with van der Waals surface area (Å²) in [5.74, 6) is -1.05. The van der Waals surface area contributed by atoms with Gasteiger partial charge in [-0.3, -0.25) is 23.5 Å². The Balaban J connectivity index is 1.43. The lowest BCUT2D eigenvalue weighted by molar-refractivity contribution is -0.150. The monoisotopic (exact) mass is 652 g/mol. The minimum Gasteiger partial charge on any atom is -0.387 e. The summed E-state index contributed by atoms with van der Waals surface area (Å²) in [4.78, 5) is 26.0. The van der Waals surface area contributed by atoms with E-state index in [0.29, 0.717) is 6.42 Å². The summed E-state index contributed by atoms with van der Waals surface area (Å²) in [5.41, 5.74) is -0.514. The molecular formula is C30H38FN2O7PS2. The standard InChI is InChI=1S/C30H38FN2O7PS2/c1-29(2,3)43-42-25-13-9-8-12-22(25)15-17-38-41(37,32-19-21-10-6-5-7-11-21)39-20-24-27(36)30(4,31)28(40-24)33-16-14-23(34)18-26(33)35/h5-14,16,24,27-28,36H,15,17-20H2,1-4H3,(H,32,37)/t24-,27-,28-,30-,41?/m1/s1. The van der Waals surface area contributed by atoms with Crippen LogP contribution in [0.3, 0.4) is 0 Å². The molecule has 0 spiro atoms. The maximum Gasteiger partial charge on any atom is 0.405 e. The number of ether oxygens (including phenoxy) is 1. The summed E-state index contributed by atoms with van der Waals surface area (Å²) in [7, 11) is -0.565. The zero-order valence-corrected chi connectivity index (χ0v) is 27.1. The highest BCUT2D eigenvalue weighted by atomic mass is 33.1. The summed E-state index contributed by atoms with van der Waals surface area (Å²) in [6, 6.07) is 17.2. The molecule has 9 nitrogen and oxygen atoms in total. The van der Waals surface area contributed by atoms with Crippen molar-refractivity contribution in [3.63, 3.8) is 0 Å². The molecule has 13 heteroatoms. The zero-order chi connectivity index (χ0) is 31.3. The lowest BCUT2D eigenvalue weighted by atomic mass is 9.97. The molecule has 1 fully saturated rings. The quantitative estimate of drug-likeness (QED) is 0.156. The van der Waals surface area contributed by atoms with Crippen molar-refractivity contribution in [2.24, 2.45) is 0 Å². The summed E-state index contributed by atoms with van der Waals surface area (Å²) >= 11 is 0. The summed E-state index contributed by atoms with van der Waals surface area (Å²) in [6.07, 6.45) is -2.12. The molecular weight excluding hydrogens is 614 g/mol. The number of alkyl halides is 1. The van der Waals surface area contributed by atoms with Gasteiger partial charge in [0.25, 0.3) is 0 Å². The van der Waals surface area contributed by atoms with Gasteiger partial charge in [0.1, 0.15) is 12.2 Å². The number of rotatable bonds is 13. The fourth-order valence-electron chi connectivity index (χ4n) is 4.43. The average Bonchev–Trinajstić information content (AvgIpc) is 3.18. The fourth-order valence-corrected chi connectivity index (χ4v) is 7.99. The first kappa shape index (κ1) is 33.9. The summed E-state index contributed by atoms with van der Waals surface area (Å²) in [5, 5.41) is 13.6. The molecule has 2 aliphatic heterocycles. The van der Waals surface area contributed by atoms with Crippen LogP contribution in [-0.4, -0.2) is 63.8 Å². The maximum atomic E-state index is 15.7. The van der Waals surface area contributed by atoms with Crippen LogP contribution < -0.4 is 5.09 Å². The second-order valence-corrected chi connectivity index (χ2v) is 16.3. The van der Waals surface area contributed by atoms with E-state index in [1.54, 1.807) is 21.6 Å². The number of aliphatic hydroxyl groups excluding tert-OH is 1. The molecule has 0 aromatic heterocycles. The van der Waals surface area contributed by atoms with Crippen molar-refractivity contribution in [3.05, 3.63) is 78.0 Å². The highest BCUT2D eigenvalue weighted by Gasteiger charge is 2.57. The van der Waals surface area contributed by atoms with Gasteiger partial charge in [-0.25, -0.2) is 14.0 Å². The molecule has 234 valence electrons. The van der Waals surface area contributed by atoms with E-state index in [2.05, 4.69) is 25.9 Å². The second kappa shape index (κ2) is 14.4. The molecule has 1 unspecified atom stereocenters. The van der Waals surface area contributed by atoms with Crippen LogP contribution in [0.4, 0.5) is 4.39 Å². The minimum atomic E-state index is -3.99. The Kier molecular flexibility index (Phi) is 11.3. The highest BCUT2D eigenvalue weighted by molar-refractivity contribution is 8.77. The van der Waals surface area contributed by atoms with Crippen molar-refractivity contribution in [3.8, 4) is 0 Å². The normalized spacial score (nSPS) is 25.7. The molecule has 2 aromatic carbocycles. The van der Waals surface area contributed by atoms with Crippen molar-refractivity contribution in [1.29, 1.82) is 0 Å². The number of hydrogen-bond donors (Lipinski definition) is 2. The van der Waals surface area contributed by atoms with Crippen molar-refractivity contribution < 1.29 is 37.4 Å². The van der Waals surface area contributed by atoms with Gasteiger partial charge >= 0.3 is 7.75 Å². The third kappa shape index (κ3) is 9.25. The van der Waals surface area contributed by atoms with Gasteiger partial charge in [0.05, 0.1) is 19.6 Å². The number of carbonyl (C=O) groups excluding carboxylic acids is 2. The molecule has 43 heavy (non-hydrogen) atoms. The largest absolute Gasteiger partial charge is 0.405 e. The van der Waals surface area contributed by atoms with E-state index in [1.165, 1.54) is 0 Å². The summed E-state index contributed by atoms with van der Waals surface area (Å²) in [6.45, 7) is 7.29. The number of hydrogen-bond acceptors (Lipinski definition) is 9. The topological polar surface area (TPSA) is 114 Å². The molecule has 5 atom stereocenters. The Morgan fingerprint density at radius 3 is 2.53 bits per heavy atom. The number of nitrogens with zero attached hydrogens (tertiary/aromatic N) is 1. The van der Waals surface area contributed by atoms with Crippen LogP contribution in [0.1, 0.15) is 45.2 Å². The van der Waals surface area contributed by atoms with Crippen LogP contribution in [0.5, 0.6) is 0 Å². The van der Waals surface area contributed by atoms with Gasteiger partial charge in [-0.1, -0.05) is 90.9 Å². The van der Waals surface area contributed by atoms with Crippen LogP contribution in [0, 0.1) is 0 Å². The van der Waals surface area contributed by atoms with E-state index in [-0.39, 0.29) is 17.9 Å². The lowest BCUT2D eigenvalue weighted by Crippen LogP contribution is -2.51. The molecule has 1 saturated heterocycles. The Morgan fingerprint density at radius 2 is 1.84 bits per heavy atom. The first-order chi connectivity index (χ1) is 20.3.